The standard InChI is InChI=1S/C27H22F9N3O3/c28-18-8-1-13(9-19(18)29)12-42-16-5-2-14(3-6-16)25(41)37-11-15-4-7-17(26(31,32)33)22(23(15)30)24-38-20(27(34,35)36)10-21(40)39-24/h1,4,7-10,14,16H,2-3,5-6,11-12H2,(H,37,41)(H,38,39,40). The molecule has 4 rings (SSSR count). The van der Waals surface area contributed by atoms with E-state index in [4.69, 9.17) is 4.74 Å². The number of nitrogens with zero attached hydrogens (tertiary/aromatic N) is 1. The van der Waals surface area contributed by atoms with E-state index in [0.29, 0.717) is 37.3 Å². The van der Waals surface area contributed by atoms with Gasteiger partial charge in [0.05, 0.1) is 23.8 Å². The Hall–Kier alpha value is -3.88. The van der Waals surface area contributed by atoms with Gasteiger partial charge in [0, 0.05) is 24.1 Å². The molecule has 0 unspecified atom stereocenters. The number of benzene rings is 2. The van der Waals surface area contributed by atoms with E-state index >= 15 is 4.39 Å². The predicted octanol–water partition coefficient (Wildman–Crippen LogP) is 6.28. The second-order valence-electron chi connectivity index (χ2n) is 9.69. The molecule has 0 saturated heterocycles. The molecule has 0 radical (unpaired) electrons. The summed E-state index contributed by atoms with van der Waals surface area (Å²) in [6.45, 7) is -0.564. The summed E-state index contributed by atoms with van der Waals surface area (Å²) in [4.78, 5) is 29.2. The molecule has 1 saturated carbocycles. The van der Waals surface area contributed by atoms with E-state index in [1.54, 1.807) is 4.98 Å². The number of rotatable bonds is 7. The summed E-state index contributed by atoms with van der Waals surface area (Å²) < 4.78 is 128. The molecule has 1 aliphatic carbocycles. The molecule has 0 bridgehead atoms. The third kappa shape index (κ3) is 7.30. The third-order valence-corrected chi connectivity index (χ3v) is 6.76. The van der Waals surface area contributed by atoms with Crippen LogP contribution in [0.1, 0.15) is 48.1 Å². The van der Waals surface area contributed by atoms with E-state index in [1.807, 2.05) is 0 Å². The van der Waals surface area contributed by atoms with Crippen molar-refractivity contribution >= 4 is 5.91 Å². The number of ether oxygens (including phenoxy) is 1. The van der Waals surface area contributed by atoms with Crippen LogP contribution < -0.4 is 10.9 Å². The van der Waals surface area contributed by atoms with Gasteiger partial charge in [-0.2, -0.15) is 26.3 Å². The highest BCUT2D eigenvalue weighted by atomic mass is 19.4. The number of halogens is 9. The lowest BCUT2D eigenvalue weighted by Gasteiger charge is -2.28. The second-order valence-corrected chi connectivity index (χ2v) is 9.69. The van der Waals surface area contributed by atoms with Gasteiger partial charge in [0.15, 0.2) is 17.3 Å². The van der Waals surface area contributed by atoms with Gasteiger partial charge in [0.1, 0.15) is 11.6 Å². The van der Waals surface area contributed by atoms with Crippen LogP contribution in [0.15, 0.2) is 41.2 Å². The molecule has 6 nitrogen and oxygen atoms in total. The fourth-order valence-electron chi connectivity index (χ4n) is 4.61. The molecule has 0 aliphatic heterocycles. The molecule has 226 valence electrons. The van der Waals surface area contributed by atoms with Crippen molar-refractivity contribution in [2.45, 2.75) is 57.3 Å². The maximum atomic E-state index is 15.4. The number of aromatic amines is 1. The first-order valence-corrected chi connectivity index (χ1v) is 12.5. The monoisotopic (exact) mass is 607 g/mol. The van der Waals surface area contributed by atoms with Crippen molar-refractivity contribution in [3.8, 4) is 11.4 Å². The van der Waals surface area contributed by atoms with Gasteiger partial charge in [0.25, 0.3) is 5.56 Å². The van der Waals surface area contributed by atoms with Gasteiger partial charge in [0.2, 0.25) is 5.91 Å². The van der Waals surface area contributed by atoms with Crippen molar-refractivity contribution in [1.82, 2.24) is 15.3 Å². The van der Waals surface area contributed by atoms with Crippen molar-refractivity contribution in [3.63, 3.8) is 0 Å². The minimum absolute atomic E-state index is 0.0280. The summed E-state index contributed by atoms with van der Waals surface area (Å²) in [6, 6.07) is 4.56. The van der Waals surface area contributed by atoms with Crippen LogP contribution in [0.3, 0.4) is 0 Å². The van der Waals surface area contributed by atoms with Crippen LogP contribution in [0, 0.1) is 23.4 Å². The molecule has 2 N–H and O–H groups in total. The summed E-state index contributed by atoms with van der Waals surface area (Å²) in [6.07, 6.45) is -9.08. The highest BCUT2D eigenvalue weighted by Crippen LogP contribution is 2.39. The summed E-state index contributed by atoms with van der Waals surface area (Å²) >= 11 is 0. The van der Waals surface area contributed by atoms with Crippen LogP contribution in [-0.4, -0.2) is 22.0 Å². The highest BCUT2D eigenvalue weighted by Gasteiger charge is 2.39. The Labute approximate surface area is 231 Å². The van der Waals surface area contributed by atoms with Crippen LogP contribution in [0.25, 0.3) is 11.4 Å². The Morgan fingerprint density at radius 1 is 0.929 bits per heavy atom. The van der Waals surface area contributed by atoms with Gasteiger partial charge in [-0.1, -0.05) is 12.1 Å². The Morgan fingerprint density at radius 2 is 1.62 bits per heavy atom. The average molecular weight is 607 g/mol. The number of amides is 1. The molecule has 1 aromatic heterocycles. The zero-order valence-corrected chi connectivity index (χ0v) is 21.4. The molecule has 1 fully saturated rings. The highest BCUT2D eigenvalue weighted by molar-refractivity contribution is 5.78. The maximum absolute atomic E-state index is 15.4. The van der Waals surface area contributed by atoms with Crippen molar-refractivity contribution in [3.05, 3.63) is 86.6 Å². The Balaban J connectivity index is 1.43. The summed E-state index contributed by atoms with van der Waals surface area (Å²) in [5.41, 5.74) is -6.36. The van der Waals surface area contributed by atoms with Gasteiger partial charge < -0.3 is 15.0 Å². The normalized spacial score (nSPS) is 17.7. The lowest BCUT2D eigenvalue weighted by molar-refractivity contribution is -0.141. The first-order valence-electron chi connectivity index (χ1n) is 12.5. The SMILES string of the molecule is O=C(NCc1ccc(C(F)(F)F)c(-c2nc(C(F)(F)F)cc(=O)[nH]2)c1F)C1CCC(OCc2ccc(F)c(F)c2)CC1. The molecule has 3 aromatic rings. The minimum atomic E-state index is -5.21. The van der Waals surface area contributed by atoms with E-state index < -0.39 is 81.9 Å². The third-order valence-electron chi connectivity index (χ3n) is 6.76. The first kappa shape index (κ1) is 31.1. The lowest BCUT2D eigenvalue weighted by atomic mass is 9.86. The molecule has 0 atom stereocenters. The number of carbonyl (C=O) groups is 1. The number of H-pyrrole nitrogens is 1. The number of carbonyl (C=O) groups excluding carboxylic acids is 1. The Morgan fingerprint density at radius 3 is 2.24 bits per heavy atom. The van der Waals surface area contributed by atoms with Crippen molar-refractivity contribution in [2.24, 2.45) is 5.92 Å². The molecule has 15 heteroatoms. The minimum Gasteiger partial charge on any atom is -0.374 e. The van der Waals surface area contributed by atoms with Crippen LogP contribution in [-0.2, 0) is 35.0 Å². The number of hydrogen-bond acceptors (Lipinski definition) is 4. The van der Waals surface area contributed by atoms with Crippen molar-refractivity contribution in [2.75, 3.05) is 0 Å². The largest absolute Gasteiger partial charge is 0.433 e. The molecule has 2 aromatic carbocycles. The average Bonchev–Trinajstić information content (AvgIpc) is 2.91. The molecule has 1 heterocycles. The quantitative estimate of drug-likeness (QED) is 0.310. The topological polar surface area (TPSA) is 84.1 Å². The smallest absolute Gasteiger partial charge is 0.374 e. The fraction of sp³-hybridized carbons (Fsp3) is 0.370. The first-order chi connectivity index (χ1) is 19.6. The molecular weight excluding hydrogens is 585 g/mol. The van der Waals surface area contributed by atoms with Crippen molar-refractivity contribution < 1.29 is 49.0 Å². The molecular formula is C27H22F9N3O3. The van der Waals surface area contributed by atoms with E-state index in [1.165, 1.54) is 6.07 Å². The van der Waals surface area contributed by atoms with Crippen LogP contribution in [0.5, 0.6) is 0 Å². The van der Waals surface area contributed by atoms with Gasteiger partial charge in [-0.15, -0.1) is 0 Å². The number of alkyl halides is 6. The maximum Gasteiger partial charge on any atom is 0.433 e. The number of aromatic nitrogens is 2. The second kappa shape index (κ2) is 12.2. The zero-order chi connectivity index (χ0) is 30.8. The lowest BCUT2D eigenvalue weighted by Crippen LogP contribution is -2.34. The molecule has 42 heavy (non-hydrogen) atoms. The molecule has 0 spiro atoms. The van der Waals surface area contributed by atoms with E-state index in [9.17, 15) is 44.7 Å². The Bertz CT molecular complexity index is 1510. The molecule has 1 aliphatic rings. The van der Waals surface area contributed by atoms with Gasteiger partial charge in [-0.05, 0) is 49.4 Å². The van der Waals surface area contributed by atoms with E-state index in [-0.39, 0.29) is 18.8 Å². The predicted molar refractivity (Wildman–Crippen MR) is 129 cm³/mol. The van der Waals surface area contributed by atoms with Gasteiger partial charge >= 0.3 is 12.4 Å². The Kier molecular flexibility index (Phi) is 8.99. The summed E-state index contributed by atoms with van der Waals surface area (Å²) in [7, 11) is 0. The van der Waals surface area contributed by atoms with Gasteiger partial charge in [-0.25, -0.2) is 18.2 Å². The van der Waals surface area contributed by atoms with Crippen molar-refractivity contribution in [1.29, 1.82) is 0 Å². The molecule has 1 amide bonds. The summed E-state index contributed by atoms with van der Waals surface area (Å²) in [5.74, 6) is -5.93. The number of nitrogens with one attached hydrogen (secondary N) is 2. The summed E-state index contributed by atoms with van der Waals surface area (Å²) in [5, 5.41) is 2.43. The van der Waals surface area contributed by atoms with Crippen LogP contribution >= 0.6 is 0 Å². The van der Waals surface area contributed by atoms with Gasteiger partial charge in [-0.3, -0.25) is 9.59 Å². The van der Waals surface area contributed by atoms with Crippen LogP contribution in [0.4, 0.5) is 39.5 Å². The number of hydrogen-bond donors (Lipinski definition) is 2. The van der Waals surface area contributed by atoms with E-state index in [2.05, 4.69) is 10.3 Å². The van der Waals surface area contributed by atoms with E-state index in [0.717, 1.165) is 18.2 Å². The zero-order valence-electron chi connectivity index (χ0n) is 21.4. The van der Waals surface area contributed by atoms with Crippen LogP contribution in [0.2, 0.25) is 0 Å². The fourth-order valence-corrected chi connectivity index (χ4v) is 4.61.